The van der Waals surface area contributed by atoms with Crippen LogP contribution in [0.5, 0.6) is 0 Å². The van der Waals surface area contributed by atoms with E-state index in [-0.39, 0.29) is 0 Å². The van der Waals surface area contributed by atoms with Crippen LogP contribution in [0.1, 0.15) is 18.6 Å². The topological polar surface area (TPSA) is 28.4 Å². The lowest BCUT2D eigenvalue weighted by molar-refractivity contribution is 0.456. The summed E-state index contributed by atoms with van der Waals surface area (Å²) in [5.74, 6) is 1.96. The summed E-state index contributed by atoms with van der Waals surface area (Å²) in [4.78, 5) is 2.22. The molecule has 2 rings (SSSR count). The van der Waals surface area contributed by atoms with Crippen molar-refractivity contribution in [3.05, 3.63) is 17.9 Å². The molecule has 0 amide bonds. The fourth-order valence-corrected chi connectivity index (χ4v) is 2.15. The van der Waals surface area contributed by atoms with E-state index in [0.29, 0.717) is 5.41 Å². The molecule has 15 heavy (non-hydrogen) atoms. The van der Waals surface area contributed by atoms with Crippen molar-refractivity contribution in [2.24, 2.45) is 5.41 Å². The fourth-order valence-electron chi connectivity index (χ4n) is 2.15. The predicted molar refractivity (Wildman–Crippen MR) is 62.3 cm³/mol. The van der Waals surface area contributed by atoms with E-state index in [1.54, 1.807) is 0 Å². The van der Waals surface area contributed by atoms with E-state index in [2.05, 4.69) is 17.3 Å². The highest BCUT2D eigenvalue weighted by molar-refractivity contribution is 5.36. The molecule has 0 unspecified atom stereocenters. The highest BCUT2D eigenvalue weighted by atomic mass is 16.4. The van der Waals surface area contributed by atoms with Crippen LogP contribution in [0.3, 0.4) is 0 Å². The molecule has 0 radical (unpaired) electrons. The van der Waals surface area contributed by atoms with E-state index < -0.39 is 0 Å². The minimum atomic E-state index is 0.490. The average molecular weight is 208 g/mol. The lowest BCUT2D eigenvalue weighted by Gasteiger charge is -2.23. The Bertz CT molecular complexity index is 328. The van der Waals surface area contributed by atoms with Gasteiger partial charge in [0.05, 0.1) is 0 Å². The quantitative estimate of drug-likeness (QED) is 0.802. The van der Waals surface area contributed by atoms with Gasteiger partial charge in [-0.3, -0.25) is 0 Å². The summed E-state index contributed by atoms with van der Waals surface area (Å²) in [7, 11) is 4.13. The standard InChI is InChI=1S/C12H20N2O/c1-10-4-5-11(15-10)14(3)9-12(6-7-12)8-13-2/h4-5,13H,6-9H2,1-3H3. The zero-order valence-electron chi connectivity index (χ0n) is 9.84. The van der Waals surface area contributed by atoms with Crippen molar-refractivity contribution in [1.82, 2.24) is 5.32 Å². The Morgan fingerprint density at radius 1 is 1.47 bits per heavy atom. The predicted octanol–water partition coefficient (Wildman–Crippen LogP) is 2.02. The van der Waals surface area contributed by atoms with Gasteiger partial charge >= 0.3 is 0 Å². The molecule has 1 fully saturated rings. The van der Waals surface area contributed by atoms with Crippen molar-refractivity contribution in [2.75, 3.05) is 32.1 Å². The van der Waals surface area contributed by atoms with Crippen LogP contribution >= 0.6 is 0 Å². The molecule has 0 bridgehead atoms. The van der Waals surface area contributed by atoms with Gasteiger partial charge in [-0.2, -0.15) is 0 Å². The summed E-state index contributed by atoms with van der Waals surface area (Å²) in [6, 6.07) is 4.06. The Labute approximate surface area is 91.4 Å². The van der Waals surface area contributed by atoms with E-state index in [1.807, 2.05) is 26.1 Å². The summed E-state index contributed by atoms with van der Waals surface area (Å²) >= 11 is 0. The Kier molecular flexibility index (Phi) is 2.74. The third-order valence-electron chi connectivity index (χ3n) is 3.18. The lowest BCUT2D eigenvalue weighted by atomic mass is 10.1. The molecule has 1 aromatic heterocycles. The first-order valence-corrected chi connectivity index (χ1v) is 5.57. The largest absolute Gasteiger partial charge is 0.446 e. The van der Waals surface area contributed by atoms with Crippen molar-refractivity contribution in [1.29, 1.82) is 0 Å². The summed E-state index contributed by atoms with van der Waals surface area (Å²) in [5, 5.41) is 3.28. The van der Waals surface area contributed by atoms with Gasteiger partial charge in [0, 0.05) is 31.6 Å². The van der Waals surface area contributed by atoms with Crippen molar-refractivity contribution in [2.45, 2.75) is 19.8 Å². The minimum absolute atomic E-state index is 0.490. The van der Waals surface area contributed by atoms with Gasteiger partial charge in [0.2, 0.25) is 0 Å². The Hall–Kier alpha value is -0.960. The number of nitrogens with zero attached hydrogens (tertiary/aromatic N) is 1. The van der Waals surface area contributed by atoms with Crippen LogP contribution in [0.4, 0.5) is 5.88 Å². The Balaban J connectivity index is 1.95. The number of aryl methyl sites for hydroxylation is 1. The minimum Gasteiger partial charge on any atom is -0.446 e. The van der Waals surface area contributed by atoms with Gasteiger partial charge < -0.3 is 14.6 Å². The van der Waals surface area contributed by atoms with Gasteiger partial charge in [0.15, 0.2) is 5.88 Å². The first-order valence-electron chi connectivity index (χ1n) is 5.57. The van der Waals surface area contributed by atoms with Gasteiger partial charge in [-0.25, -0.2) is 0 Å². The Morgan fingerprint density at radius 2 is 2.20 bits per heavy atom. The molecule has 1 N–H and O–H groups in total. The molecule has 84 valence electrons. The number of hydrogen-bond donors (Lipinski definition) is 1. The molecule has 0 atom stereocenters. The maximum Gasteiger partial charge on any atom is 0.195 e. The number of furan rings is 1. The zero-order valence-corrected chi connectivity index (χ0v) is 9.84. The van der Waals surface area contributed by atoms with Crippen LogP contribution in [0.15, 0.2) is 16.5 Å². The number of rotatable bonds is 5. The molecule has 1 aliphatic carbocycles. The molecule has 3 nitrogen and oxygen atoms in total. The second kappa shape index (κ2) is 3.89. The molecule has 0 aliphatic heterocycles. The van der Waals surface area contributed by atoms with Crippen molar-refractivity contribution >= 4 is 5.88 Å². The smallest absolute Gasteiger partial charge is 0.195 e. The van der Waals surface area contributed by atoms with E-state index in [4.69, 9.17) is 4.42 Å². The van der Waals surface area contributed by atoms with Crippen LogP contribution in [-0.4, -0.2) is 27.2 Å². The molecule has 1 aliphatic rings. The summed E-state index contributed by atoms with van der Waals surface area (Å²) in [6.07, 6.45) is 2.66. The molecule has 1 heterocycles. The SMILES string of the molecule is CNCC1(CN(C)c2ccc(C)o2)CC1. The lowest BCUT2D eigenvalue weighted by Crippen LogP contribution is -2.32. The highest BCUT2D eigenvalue weighted by Gasteiger charge is 2.42. The third-order valence-corrected chi connectivity index (χ3v) is 3.18. The van der Waals surface area contributed by atoms with Gasteiger partial charge in [-0.1, -0.05) is 0 Å². The van der Waals surface area contributed by atoms with Crippen LogP contribution in [0.2, 0.25) is 0 Å². The summed E-state index contributed by atoms with van der Waals surface area (Å²) in [6.45, 7) is 4.18. The van der Waals surface area contributed by atoms with Crippen LogP contribution in [-0.2, 0) is 0 Å². The molecule has 0 saturated heterocycles. The average Bonchev–Trinajstić information content (AvgIpc) is 2.77. The van der Waals surface area contributed by atoms with Gasteiger partial charge in [-0.15, -0.1) is 0 Å². The van der Waals surface area contributed by atoms with Gasteiger partial charge in [-0.05, 0) is 32.9 Å². The monoisotopic (exact) mass is 208 g/mol. The second-order valence-electron chi connectivity index (χ2n) is 4.77. The van der Waals surface area contributed by atoms with Gasteiger partial charge in [0.25, 0.3) is 0 Å². The molecule has 1 aromatic rings. The fraction of sp³-hybridized carbons (Fsp3) is 0.667. The Morgan fingerprint density at radius 3 is 2.67 bits per heavy atom. The molecule has 0 spiro atoms. The number of anilines is 1. The van der Waals surface area contributed by atoms with Crippen LogP contribution in [0, 0.1) is 12.3 Å². The van der Waals surface area contributed by atoms with Crippen molar-refractivity contribution in [3.8, 4) is 0 Å². The third kappa shape index (κ3) is 2.34. The first-order chi connectivity index (χ1) is 7.15. The van der Waals surface area contributed by atoms with Gasteiger partial charge in [0.1, 0.15) is 5.76 Å². The zero-order chi connectivity index (χ0) is 10.9. The molecular weight excluding hydrogens is 188 g/mol. The number of hydrogen-bond acceptors (Lipinski definition) is 3. The maximum atomic E-state index is 5.60. The first kappa shape index (κ1) is 10.6. The number of nitrogens with one attached hydrogen (secondary N) is 1. The van der Waals surface area contributed by atoms with Crippen LogP contribution in [0.25, 0.3) is 0 Å². The molecule has 1 saturated carbocycles. The van der Waals surface area contributed by atoms with Crippen molar-refractivity contribution < 1.29 is 4.42 Å². The normalized spacial score (nSPS) is 17.8. The van der Waals surface area contributed by atoms with E-state index >= 15 is 0 Å². The second-order valence-corrected chi connectivity index (χ2v) is 4.77. The van der Waals surface area contributed by atoms with Crippen LogP contribution < -0.4 is 10.2 Å². The summed E-state index contributed by atoms with van der Waals surface area (Å²) < 4.78 is 5.60. The molecular formula is C12H20N2O. The van der Waals surface area contributed by atoms with E-state index in [9.17, 15) is 0 Å². The van der Waals surface area contributed by atoms with Crippen molar-refractivity contribution in [3.63, 3.8) is 0 Å². The summed E-state index contributed by atoms with van der Waals surface area (Å²) in [5.41, 5.74) is 0.490. The highest BCUT2D eigenvalue weighted by Crippen LogP contribution is 2.45. The van der Waals surface area contributed by atoms with E-state index in [0.717, 1.165) is 24.7 Å². The maximum absolute atomic E-state index is 5.60. The molecule has 0 aromatic carbocycles. The van der Waals surface area contributed by atoms with E-state index in [1.165, 1.54) is 12.8 Å². The molecule has 3 heteroatoms.